The second-order valence-corrected chi connectivity index (χ2v) is 3.08. The molecule has 3 nitrogen and oxygen atoms in total. The van der Waals surface area contributed by atoms with Gasteiger partial charge in [-0.25, -0.2) is 0 Å². The first-order valence-electron chi connectivity index (χ1n) is 3.84. The number of aliphatic hydroxyl groups is 1. The number of hydrogen-bond donors (Lipinski definition) is 2. The van der Waals surface area contributed by atoms with Crippen LogP contribution in [-0.2, 0) is 4.79 Å². The molecule has 0 bridgehead atoms. The van der Waals surface area contributed by atoms with Crippen molar-refractivity contribution in [1.82, 2.24) is 5.32 Å². The number of amides is 1. The Bertz CT molecular complexity index is 179. The van der Waals surface area contributed by atoms with Crippen LogP contribution in [0.4, 0.5) is 8.78 Å². The van der Waals surface area contributed by atoms with Gasteiger partial charge in [-0.3, -0.25) is 4.79 Å². The highest BCUT2D eigenvalue weighted by Gasteiger charge is 2.28. The van der Waals surface area contributed by atoms with Crippen LogP contribution >= 0.6 is 0 Å². The summed E-state index contributed by atoms with van der Waals surface area (Å²) in [6.45, 7) is 0.453. The molecule has 12 heavy (non-hydrogen) atoms. The lowest BCUT2D eigenvalue weighted by Crippen LogP contribution is -2.17. The van der Waals surface area contributed by atoms with Gasteiger partial charge in [-0.2, -0.15) is 8.78 Å². The normalized spacial score (nSPS) is 24.2. The minimum Gasteiger partial charge on any atom is -0.356 e. The molecular weight excluding hydrogens is 168 g/mol. The van der Waals surface area contributed by atoms with Crippen LogP contribution in [0, 0.1) is 5.92 Å². The number of alkyl halides is 2. The summed E-state index contributed by atoms with van der Waals surface area (Å²) in [5.41, 5.74) is 0. The Labute approximate surface area is 68.8 Å². The standard InChI is InChI=1S/C7H11F2NO2/c8-7(9,12)2-1-5-3-6(11)10-4-5/h5,12H,1-4H2,(H,10,11)/t5-/m1/s1. The summed E-state index contributed by atoms with van der Waals surface area (Å²) in [7, 11) is 0. The molecular formula is C7H11F2NO2. The fourth-order valence-corrected chi connectivity index (χ4v) is 1.25. The van der Waals surface area contributed by atoms with E-state index in [1.807, 2.05) is 0 Å². The van der Waals surface area contributed by atoms with E-state index in [1.54, 1.807) is 0 Å². The van der Waals surface area contributed by atoms with Gasteiger partial charge in [0.1, 0.15) is 0 Å². The first-order valence-corrected chi connectivity index (χ1v) is 3.84. The Kier molecular flexibility index (Phi) is 2.62. The Morgan fingerprint density at radius 2 is 2.33 bits per heavy atom. The highest BCUT2D eigenvalue weighted by molar-refractivity contribution is 5.78. The van der Waals surface area contributed by atoms with Crippen molar-refractivity contribution in [2.45, 2.75) is 25.4 Å². The number of carbonyl (C=O) groups excluding carboxylic acids is 1. The van der Waals surface area contributed by atoms with Crippen LogP contribution in [-0.4, -0.2) is 23.7 Å². The predicted molar refractivity (Wildman–Crippen MR) is 37.5 cm³/mol. The second kappa shape index (κ2) is 3.35. The summed E-state index contributed by atoms with van der Waals surface area (Å²) < 4.78 is 23.8. The molecule has 0 unspecified atom stereocenters. The van der Waals surface area contributed by atoms with Crippen LogP contribution in [0.3, 0.4) is 0 Å². The lowest BCUT2D eigenvalue weighted by atomic mass is 10.0. The first kappa shape index (κ1) is 9.38. The van der Waals surface area contributed by atoms with Crippen LogP contribution in [0.2, 0.25) is 0 Å². The summed E-state index contributed by atoms with van der Waals surface area (Å²) in [6.07, 6.45) is -3.67. The highest BCUT2D eigenvalue weighted by atomic mass is 19.3. The number of hydrogen-bond acceptors (Lipinski definition) is 2. The number of nitrogens with one attached hydrogen (secondary N) is 1. The Balaban J connectivity index is 2.20. The average molecular weight is 179 g/mol. The van der Waals surface area contributed by atoms with Gasteiger partial charge in [-0.15, -0.1) is 0 Å². The molecule has 1 heterocycles. The molecule has 1 aliphatic heterocycles. The summed E-state index contributed by atoms with van der Waals surface area (Å²) in [4.78, 5) is 10.6. The monoisotopic (exact) mass is 179 g/mol. The molecule has 70 valence electrons. The maximum absolute atomic E-state index is 11.9. The van der Waals surface area contributed by atoms with Crippen molar-refractivity contribution in [2.24, 2.45) is 5.92 Å². The molecule has 0 spiro atoms. The van der Waals surface area contributed by atoms with Crippen molar-refractivity contribution in [1.29, 1.82) is 0 Å². The van der Waals surface area contributed by atoms with Gasteiger partial charge in [0.2, 0.25) is 5.91 Å². The fourth-order valence-electron chi connectivity index (χ4n) is 1.25. The fraction of sp³-hybridized carbons (Fsp3) is 0.857. The van der Waals surface area contributed by atoms with E-state index in [2.05, 4.69) is 5.32 Å². The number of rotatable bonds is 3. The topological polar surface area (TPSA) is 49.3 Å². The third-order valence-electron chi connectivity index (χ3n) is 1.92. The van der Waals surface area contributed by atoms with Crippen molar-refractivity contribution < 1.29 is 18.7 Å². The Hall–Kier alpha value is -0.710. The molecule has 0 saturated carbocycles. The molecule has 1 amide bonds. The highest BCUT2D eigenvalue weighted by Crippen LogP contribution is 2.22. The maximum Gasteiger partial charge on any atom is 0.353 e. The van der Waals surface area contributed by atoms with Gasteiger partial charge < -0.3 is 10.4 Å². The second-order valence-electron chi connectivity index (χ2n) is 3.08. The molecule has 1 rings (SSSR count). The molecule has 1 fully saturated rings. The molecule has 5 heteroatoms. The molecule has 1 saturated heterocycles. The van der Waals surface area contributed by atoms with Crippen molar-refractivity contribution in [2.75, 3.05) is 6.54 Å². The quantitative estimate of drug-likeness (QED) is 0.662. The van der Waals surface area contributed by atoms with Gasteiger partial charge >= 0.3 is 6.11 Å². The van der Waals surface area contributed by atoms with Crippen LogP contribution in [0.15, 0.2) is 0 Å². The lowest BCUT2D eigenvalue weighted by molar-refractivity contribution is -0.205. The zero-order chi connectivity index (χ0) is 9.19. The van der Waals surface area contributed by atoms with E-state index in [0.717, 1.165) is 0 Å². The SMILES string of the molecule is O=C1C[C@@H](CCC(O)(F)F)CN1. The first-order chi connectivity index (χ1) is 5.47. The van der Waals surface area contributed by atoms with Crippen LogP contribution in [0.5, 0.6) is 0 Å². The maximum atomic E-state index is 11.9. The number of carbonyl (C=O) groups is 1. The van der Waals surface area contributed by atoms with Crippen molar-refractivity contribution in [3.63, 3.8) is 0 Å². The van der Waals surface area contributed by atoms with Gasteiger partial charge in [0.15, 0.2) is 0 Å². The van der Waals surface area contributed by atoms with E-state index in [4.69, 9.17) is 5.11 Å². The molecule has 1 aliphatic rings. The van der Waals surface area contributed by atoms with Crippen LogP contribution < -0.4 is 5.32 Å². The van der Waals surface area contributed by atoms with E-state index in [-0.39, 0.29) is 18.2 Å². The summed E-state index contributed by atoms with van der Waals surface area (Å²) in [5, 5.41) is 10.6. The van der Waals surface area contributed by atoms with Crippen LogP contribution in [0.25, 0.3) is 0 Å². The van der Waals surface area contributed by atoms with Crippen molar-refractivity contribution in [3.8, 4) is 0 Å². The zero-order valence-electron chi connectivity index (χ0n) is 6.52. The molecule has 2 N–H and O–H groups in total. The molecule has 0 radical (unpaired) electrons. The van der Waals surface area contributed by atoms with Gasteiger partial charge in [-0.1, -0.05) is 0 Å². The number of halogens is 2. The van der Waals surface area contributed by atoms with Crippen molar-refractivity contribution in [3.05, 3.63) is 0 Å². The van der Waals surface area contributed by atoms with E-state index in [9.17, 15) is 13.6 Å². The summed E-state index contributed by atoms with van der Waals surface area (Å²) >= 11 is 0. The Morgan fingerprint density at radius 1 is 1.67 bits per heavy atom. The molecule has 0 aromatic rings. The molecule has 0 aromatic heterocycles. The Morgan fingerprint density at radius 3 is 2.75 bits per heavy atom. The largest absolute Gasteiger partial charge is 0.356 e. The zero-order valence-corrected chi connectivity index (χ0v) is 6.52. The minimum atomic E-state index is -3.59. The van der Waals surface area contributed by atoms with E-state index in [1.165, 1.54) is 0 Å². The smallest absolute Gasteiger partial charge is 0.353 e. The summed E-state index contributed by atoms with van der Waals surface area (Å²) in [6, 6.07) is 0. The van der Waals surface area contributed by atoms with Gasteiger partial charge in [0.05, 0.1) is 0 Å². The van der Waals surface area contributed by atoms with Gasteiger partial charge in [-0.05, 0) is 12.3 Å². The molecule has 1 atom stereocenters. The van der Waals surface area contributed by atoms with Crippen molar-refractivity contribution >= 4 is 5.91 Å². The lowest BCUT2D eigenvalue weighted by Gasteiger charge is -2.10. The van der Waals surface area contributed by atoms with Crippen LogP contribution in [0.1, 0.15) is 19.3 Å². The minimum absolute atomic E-state index is 0.0458. The van der Waals surface area contributed by atoms with Gasteiger partial charge in [0, 0.05) is 19.4 Å². The third kappa shape index (κ3) is 3.13. The average Bonchev–Trinajstić information content (AvgIpc) is 2.30. The molecule has 0 aliphatic carbocycles. The van der Waals surface area contributed by atoms with Gasteiger partial charge in [0.25, 0.3) is 0 Å². The summed E-state index contributed by atoms with van der Waals surface area (Å²) in [5.74, 6) is -0.142. The van der Waals surface area contributed by atoms with E-state index in [0.29, 0.717) is 13.0 Å². The van der Waals surface area contributed by atoms with E-state index < -0.39 is 12.5 Å². The predicted octanol–water partition coefficient (Wildman–Crippen LogP) is 0.488. The van der Waals surface area contributed by atoms with E-state index >= 15 is 0 Å². The third-order valence-corrected chi connectivity index (χ3v) is 1.92. The molecule has 0 aromatic carbocycles.